The van der Waals surface area contributed by atoms with Crippen molar-refractivity contribution in [3.05, 3.63) is 29.6 Å². The summed E-state index contributed by atoms with van der Waals surface area (Å²) in [5.41, 5.74) is 2.37. The Hall–Kier alpha value is -1.58. The van der Waals surface area contributed by atoms with Crippen LogP contribution in [0.2, 0.25) is 0 Å². The maximum Gasteiger partial charge on any atom is 0.410 e. The van der Waals surface area contributed by atoms with Crippen molar-refractivity contribution in [1.29, 1.82) is 0 Å². The van der Waals surface area contributed by atoms with E-state index in [1.807, 2.05) is 31.9 Å². The molecule has 0 radical (unpaired) electrons. The Bertz CT molecular complexity index is 638. The number of pyridine rings is 1. The lowest BCUT2D eigenvalue weighted by molar-refractivity contribution is 0.0181. The lowest BCUT2D eigenvalue weighted by atomic mass is 9.85. The van der Waals surface area contributed by atoms with Gasteiger partial charge in [-0.3, -0.25) is 4.98 Å². The Kier molecular flexibility index (Phi) is 7.97. The first-order chi connectivity index (χ1) is 13.9. The zero-order chi connectivity index (χ0) is 20.7. The molecule has 1 saturated heterocycles. The Morgan fingerprint density at radius 1 is 0.966 bits per heavy atom. The third-order valence-electron chi connectivity index (χ3n) is 6.52. The molecule has 1 amide bonds. The molecule has 0 aromatic carbocycles. The molecule has 2 aliphatic rings. The van der Waals surface area contributed by atoms with Gasteiger partial charge in [-0.2, -0.15) is 0 Å². The van der Waals surface area contributed by atoms with Crippen LogP contribution in [0.15, 0.2) is 18.5 Å². The number of amides is 1. The van der Waals surface area contributed by atoms with E-state index in [2.05, 4.69) is 17.2 Å². The van der Waals surface area contributed by atoms with Crippen LogP contribution in [-0.4, -0.2) is 34.7 Å². The average molecular weight is 401 g/mol. The molecule has 1 aromatic rings. The number of carbonyl (C=O) groups is 1. The Balaban J connectivity index is 1.38. The van der Waals surface area contributed by atoms with Crippen molar-refractivity contribution in [2.45, 2.75) is 97.0 Å². The first-order valence-corrected chi connectivity index (χ1v) is 11.8. The Morgan fingerprint density at radius 3 is 2.07 bits per heavy atom. The van der Waals surface area contributed by atoms with Gasteiger partial charge in [-0.15, -0.1) is 0 Å². The molecule has 29 heavy (non-hydrogen) atoms. The largest absolute Gasteiger partial charge is 0.444 e. The standard InChI is InChI=1S/C25H40N2O2/c1-25(2,3)29-24(28)27-15-13-21(14-16-27)10-12-23-17-22(18-26-19-23)11-9-20-7-5-4-6-8-20/h17-21H,4-16H2,1-3H3. The van der Waals surface area contributed by atoms with Crippen LogP contribution in [0.4, 0.5) is 4.79 Å². The van der Waals surface area contributed by atoms with Gasteiger partial charge in [0.15, 0.2) is 0 Å². The SMILES string of the molecule is CC(C)(C)OC(=O)N1CCC(CCc2cncc(CCC3CCCCC3)c2)CC1. The highest BCUT2D eigenvalue weighted by molar-refractivity contribution is 5.68. The van der Waals surface area contributed by atoms with Crippen molar-refractivity contribution >= 4 is 6.09 Å². The van der Waals surface area contributed by atoms with E-state index in [4.69, 9.17) is 4.74 Å². The van der Waals surface area contributed by atoms with E-state index in [0.29, 0.717) is 5.92 Å². The second-order valence-corrected chi connectivity index (χ2v) is 10.2. The predicted molar refractivity (Wildman–Crippen MR) is 118 cm³/mol. The molecule has 4 nitrogen and oxygen atoms in total. The Labute approximate surface area is 177 Å². The minimum atomic E-state index is -0.414. The van der Waals surface area contributed by atoms with Crippen LogP contribution < -0.4 is 0 Å². The van der Waals surface area contributed by atoms with Crippen molar-refractivity contribution in [3.8, 4) is 0 Å². The van der Waals surface area contributed by atoms with Gasteiger partial charge < -0.3 is 9.64 Å². The molecule has 0 bridgehead atoms. The lowest BCUT2D eigenvalue weighted by Gasteiger charge is -2.33. The van der Waals surface area contributed by atoms with Gasteiger partial charge in [0.25, 0.3) is 0 Å². The monoisotopic (exact) mass is 400 g/mol. The molecule has 2 heterocycles. The zero-order valence-electron chi connectivity index (χ0n) is 18.8. The number of aryl methyl sites for hydroxylation is 2. The summed E-state index contributed by atoms with van der Waals surface area (Å²) in [5, 5.41) is 0. The van der Waals surface area contributed by atoms with Gasteiger partial charge in [0.2, 0.25) is 0 Å². The number of rotatable bonds is 6. The molecule has 0 atom stereocenters. The van der Waals surface area contributed by atoms with Crippen molar-refractivity contribution in [1.82, 2.24) is 9.88 Å². The molecule has 1 aromatic heterocycles. The summed E-state index contributed by atoms with van der Waals surface area (Å²) in [6, 6.07) is 2.38. The normalized spacial score (nSPS) is 19.3. The first-order valence-electron chi connectivity index (χ1n) is 11.8. The minimum Gasteiger partial charge on any atom is -0.444 e. The van der Waals surface area contributed by atoms with Crippen LogP contribution in [0.1, 0.15) is 89.7 Å². The highest BCUT2D eigenvalue weighted by atomic mass is 16.6. The second kappa shape index (κ2) is 10.4. The van der Waals surface area contributed by atoms with Crippen molar-refractivity contribution < 1.29 is 9.53 Å². The minimum absolute atomic E-state index is 0.161. The number of ether oxygens (including phenoxy) is 1. The molecule has 0 N–H and O–H groups in total. The fraction of sp³-hybridized carbons (Fsp3) is 0.760. The summed E-state index contributed by atoms with van der Waals surface area (Å²) in [4.78, 5) is 18.6. The molecule has 0 unspecified atom stereocenters. The maximum absolute atomic E-state index is 12.2. The van der Waals surface area contributed by atoms with E-state index in [0.717, 1.165) is 38.3 Å². The van der Waals surface area contributed by atoms with Crippen LogP contribution in [-0.2, 0) is 17.6 Å². The first kappa shape index (κ1) is 22.1. The van der Waals surface area contributed by atoms with E-state index in [-0.39, 0.29) is 6.09 Å². The van der Waals surface area contributed by atoms with Gasteiger partial charge in [-0.1, -0.05) is 38.2 Å². The van der Waals surface area contributed by atoms with E-state index in [9.17, 15) is 4.79 Å². The molecule has 1 saturated carbocycles. The number of likely N-dealkylation sites (tertiary alicyclic amines) is 1. The van der Waals surface area contributed by atoms with Gasteiger partial charge in [-0.25, -0.2) is 4.79 Å². The summed E-state index contributed by atoms with van der Waals surface area (Å²) >= 11 is 0. The van der Waals surface area contributed by atoms with Crippen LogP contribution in [0.25, 0.3) is 0 Å². The molecular weight excluding hydrogens is 360 g/mol. The lowest BCUT2D eigenvalue weighted by Crippen LogP contribution is -2.41. The smallest absolute Gasteiger partial charge is 0.410 e. The number of hydrogen-bond acceptors (Lipinski definition) is 3. The summed E-state index contributed by atoms with van der Waals surface area (Å²) in [6.45, 7) is 7.41. The summed E-state index contributed by atoms with van der Waals surface area (Å²) in [6.07, 6.45) is 18.0. The third kappa shape index (κ3) is 7.64. The molecular formula is C25H40N2O2. The average Bonchev–Trinajstić information content (AvgIpc) is 2.71. The van der Waals surface area contributed by atoms with E-state index < -0.39 is 5.60 Å². The summed E-state index contributed by atoms with van der Waals surface area (Å²) < 4.78 is 5.50. The molecule has 0 spiro atoms. The van der Waals surface area contributed by atoms with Gasteiger partial charge >= 0.3 is 6.09 Å². The highest BCUT2D eigenvalue weighted by Crippen LogP contribution is 2.28. The van der Waals surface area contributed by atoms with Gasteiger partial charge in [0.05, 0.1) is 0 Å². The van der Waals surface area contributed by atoms with E-state index >= 15 is 0 Å². The second-order valence-electron chi connectivity index (χ2n) is 10.2. The molecule has 162 valence electrons. The van der Waals surface area contributed by atoms with Crippen molar-refractivity contribution in [2.24, 2.45) is 11.8 Å². The number of piperidine rings is 1. The highest BCUT2D eigenvalue weighted by Gasteiger charge is 2.26. The van der Waals surface area contributed by atoms with Crippen molar-refractivity contribution in [2.75, 3.05) is 13.1 Å². The number of aromatic nitrogens is 1. The van der Waals surface area contributed by atoms with Gasteiger partial charge in [-0.05, 0) is 82.3 Å². The fourth-order valence-corrected chi connectivity index (χ4v) is 4.76. The van der Waals surface area contributed by atoms with Gasteiger partial charge in [0.1, 0.15) is 5.60 Å². The zero-order valence-corrected chi connectivity index (χ0v) is 18.8. The Morgan fingerprint density at radius 2 is 1.52 bits per heavy atom. The van der Waals surface area contributed by atoms with Crippen LogP contribution >= 0.6 is 0 Å². The predicted octanol–water partition coefficient (Wildman–Crippen LogP) is 6.17. The number of carbonyl (C=O) groups excluding carboxylic acids is 1. The molecule has 3 rings (SSSR count). The molecule has 1 aliphatic heterocycles. The van der Waals surface area contributed by atoms with Crippen molar-refractivity contribution in [3.63, 3.8) is 0 Å². The van der Waals surface area contributed by atoms with Gasteiger partial charge in [0, 0.05) is 25.5 Å². The van der Waals surface area contributed by atoms with Crippen LogP contribution in [0, 0.1) is 11.8 Å². The number of nitrogens with zero attached hydrogens (tertiary/aromatic N) is 2. The molecule has 2 fully saturated rings. The summed E-state index contributed by atoms with van der Waals surface area (Å²) in [5.74, 6) is 1.63. The van der Waals surface area contributed by atoms with Crippen LogP contribution in [0.5, 0.6) is 0 Å². The van der Waals surface area contributed by atoms with E-state index in [1.54, 1.807) is 0 Å². The topological polar surface area (TPSA) is 42.4 Å². The number of hydrogen-bond donors (Lipinski definition) is 0. The summed E-state index contributed by atoms with van der Waals surface area (Å²) in [7, 11) is 0. The van der Waals surface area contributed by atoms with Crippen LogP contribution in [0.3, 0.4) is 0 Å². The fourth-order valence-electron chi connectivity index (χ4n) is 4.76. The molecule has 1 aliphatic carbocycles. The quantitative estimate of drug-likeness (QED) is 0.573. The third-order valence-corrected chi connectivity index (χ3v) is 6.52. The van der Waals surface area contributed by atoms with E-state index in [1.165, 1.54) is 62.5 Å². The maximum atomic E-state index is 12.2. The molecule has 4 heteroatoms.